The molecule has 1 aliphatic carbocycles. The minimum absolute atomic E-state index is 0.186. The Kier molecular flexibility index (Phi) is 5.32. The summed E-state index contributed by atoms with van der Waals surface area (Å²) < 4.78 is 0. The summed E-state index contributed by atoms with van der Waals surface area (Å²) in [5.41, 5.74) is 0. The number of hydrogen-bond acceptors (Lipinski definition) is 4. The van der Waals surface area contributed by atoms with Crippen molar-refractivity contribution in [2.45, 2.75) is 44.9 Å². The zero-order valence-corrected chi connectivity index (χ0v) is 9.41. The van der Waals surface area contributed by atoms with Gasteiger partial charge in [-0.25, -0.2) is 0 Å². The SMILES string of the molecule is O=C1CC(=O)C(CCCCCCCO)C1=O. The number of carbonyl (C=O) groups excluding carboxylic acids is 3. The van der Waals surface area contributed by atoms with Crippen molar-refractivity contribution in [1.29, 1.82) is 0 Å². The summed E-state index contributed by atoms with van der Waals surface area (Å²) in [6.45, 7) is 0.216. The van der Waals surface area contributed by atoms with Crippen molar-refractivity contribution in [3.05, 3.63) is 0 Å². The van der Waals surface area contributed by atoms with Gasteiger partial charge in [0.05, 0.1) is 12.3 Å². The quantitative estimate of drug-likeness (QED) is 0.400. The van der Waals surface area contributed by atoms with E-state index in [1.807, 2.05) is 0 Å². The van der Waals surface area contributed by atoms with Crippen molar-refractivity contribution in [1.82, 2.24) is 0 Å². The van der Waals surface area contributed by atoms with E-state index < -0.39 is 17.5 Å². The molecular weight excluding hydrogens is 208 g/mol. The van der Waals surface area contributed by atoms with Crippen molar-refractivity contribution in [2.75, 3.05) is 6.61 Å². The van der Waals surface area contributed by atoms with Gasteiger partial charge in [-0.05, 0) is 12.8 Å². The molecule has 0 radical (unpaired) electrons. The fourth-order valence-corrected chi connectivity index (χ4v) is 1.99. The van der Waals surface area contributed by atoms with Gasteiger partial charge in [-0.3, -0.25) is 14.4 Å². The minimum atomic E-state index is -0.648. The molecule has 0 spiro atoms. The molecule has 4 nitrogen and oxygen atoms in total. The van der Waals surface area contributed by atoms with Crippen LogP contribution in [0.5, 0.6) is 0 Å². The van der Waals surface area contributed by atoms with Crippen molar-refractivity contribution in [3.8, 4) is 0 Å². The molecule has 0 saturated heterocycles. The van der Waals surface area contributed by atoms with Crippen LogP contribution in [0.3, 0.4) is 0 Å². The van der Waals surface area contributed by atoms with Gasteiger partial charge in [0.2, 0.25) is 11.6 Å². The first-order chi connectivity index (χ1) is 7.66. The van der Waals surface area contributed by atoms with Gasteiger partial charge >= 0.3 is 0 Å². The Hall–Kier alpha value is -1.03. The van der Waals surface area contributed by atoms with E-state index in [9.17, 15) is 14.4 Å². The van der Waals surface area contributed by atoms with Gasteiger partial charge in [-0.2, -0.15) is 0 Å². The lowest BCUT2D eigenvalue weighted by Crippen LogP contribution is -2.16. The lowest BCUT2D eigenvalue weighted by atomic mass is 9.97. The third kappa shape index (κ3) is 3.52. The number of Topliss-reactive ketones (excluding diaryl/α,β-unsaturated/α-hetero) is 3. The van der Waals surface area contributed by atoms with E-state index in [2.05, 4.69) is 0 Å². The summed E-state index contributed by atoms with van der Waals surface area (Å²) >= 11 is 0. The standard InChI is InChI=1S/C12H18O4/c13-7-5-3-1-2-4-6-9-10(14)8-11(15)12(9)16/h9,13H,1-8H2. The van der Waals surface area contributed by atoms with Crippen LogP contribution in [0.25, 0.3) is 0 Å². The average molecular weight is 226 g/mol. The maximum Gasteiger partial charge on any atom is 0.209 e. The molecule has 4 heteroatoms. The normalized spacial score (nSPS) is 20.8. The molecule has 0 aliphatic heterocycles. The Bertz CT molecular complexity index is 283. The summed E-state index contributed by atoms with van der Waals surface area (Å²) in [4.78, 5) is 33.5. The Labute approximate surface area is 95.0 Å². The first-order valence-electron chi connectivity index (χ1n) is 5.87. The maximum absolute atomic E-state index is 11.3. The molecule has 1 aliphatic rings. The molecule has 16 heavy (non-hydrogen) atoms. The molecule has 1 N–H and O–H groups in total. The second kappa shape index (κ2) is 6.53. The van der Waals surface area contributed by atoms with E-state index in [1.54, 1.807) is 0 Å². The Balaban J connectivity index is 2.15. The molecule has 1 fully saturated rings. The molecule has 1 rings (SSSR count). The van der Waals surface area contributed by atoms with Gasteiger partial charge < -0.3 is 5.11 Å². The van der Waals surface area contributed by atoms with Crippen LogP contribution in [-0.2, 0) is 14.4 Å². The number of aliphatic hydroxyl groups is 1. The van der Waals surface area contributed by atoms with Gasteiger partial charge in [0.1, 0.15) is 0 Å². The third-order valence-corrected chi connectivity index (χ3v) is 2.97. The monoisotopic (exact) mass is 226 g/mol. The van der Waals surface area contributed by atoms with Crippen molar-refractivity contribution in [3.63, 3.8) is 0 Å². The number of rotatable bonds is 7. The van der Waals surface area contributed by atoms with Crippen molar-refractivity contribution >= 4 is 17.3 Å². The molecule has 0 aromatic heterocycles. The van der Waals surface area contributed by atoms with Crippen LogP contribution in [0.2, 0.25) is 0 Å². The second-order valence-electron chi connectivity index (χ2n) is 4.26. The molecule has 90 valence electrons. The Morgan fingerprint density at radius 2 is 1.62 bits per heavy atom. The lowest BCUT2D eigenvalue weighted by molar-refractivity contribution is -0.136. The molecule has 0 bridgehead atoms. The largest absolute Gasteiger partial charge is 0.396 e. The smallest absolute Gasteiger partial charge is 0.209 e. The van der Waals surface area contributed by atoms with Gasteiger partial charge in [0.15, 0.2) is 5.78 Å². The van der Waals surface area contributed by atoms with E-state index >= 15 is 0 Å². The average Bonchev–Trinajstić information content (AvgIpc) is 2.49. The van der Waals surface area contributed by atoms with E-state index in [-0.39, 0.29) is 18.8 Å². The topological polar surface area (TPSA) is 71.4 Å². The predicted octanol–water partition coefficient (Wildman–Crippen LogP) is 1.05. The van der Waals surface area contributed by atoms with Crippen LogP contribution in [-0.4, -0.2) is 29.1 Å². The van der Waals surface area contributed by atoms with E-state index in [0.29, 0.717) is 6.42 Å². The third-order valence-electron chi connectivity index (χ3n) is 2.97. The van der Waals surface area contributed by atoms with Gasteiger partial charge in [0.25, 0.3) is 0 Å². The van der Waals surface area contributed by atoms with E-state index in [0.717, 1.165) is 32.1 Å². The van der Waals surface area contributed by atoms with E-state index in [4.69, 9.17) is 5.11 Å². The highest BCUT2D eigenvalue weighted by Gasteiger charge is 2.39. The summed E-state index contributed by atoms with van der Waals surface area (Å²) in [5.74, 6) is -1.86. The Morgan fingerprint density at radius 3 is 2.19 bits per heavy atom. The van der Waals surface area contributed by atoms with Crippen LogP contribution in [0.15, 0.2) is 0 Å². The highest BCUT2D eigenvalue weighted by Crippen LogP contribution is 2.21. The predicted molar refractivity (Wildman–Crippen MR) is 57.9 cm³/mol. The van der Waals surface area contributed by atoms with Gasteiger partial charge in [-0.1, -0.05) is 25.7 Å². The number of ketones is 3. The molecule has 0 amide bonds. The fraction of sp³-hybridized carbons (Fsp3) is 0.750. The molecule has 0 heterocycles. The van der Waals surface area contributed by atoms with Crippen LogP contribution in [0, 0.1) is 5.92 Å². The molecule has 0 aromatic carbocycles. The Morgan fingerprint density at radius 1 is 1.00 bits per heavy atom. The maximum atomic E-state index is 11.3. The summed E-state index contributed by atoms with van der Waals surface area (Å²) in [7, 11) is 0. The number of unbranched alkanes of at least 4 members (excludes halogenated alkanes) is 4. The van der Waals surface area contributed by atoms with E-state index in [1.165, 1.54) is 0 Å². The highest BCUT2D eigenvalue weighted by atomic mass is 16.3. The molecule has 1 atom stereocenters. The summed E-state index contributed by atoms with van der Waals surface area (Å²) in [6.07, 6.45) is 4.87. The zero-order chi connectivity index (χ0) is 12.0. The summed E-state index contributed by atoms with van der Waals surface area (Å²) in [6, 6.07) is 0. The number of carbonyl (C=O) groups is 3. The minimum Gasteiger partial charge on any atom is -0.396 e. The van der Waals surface area contributed by atoms with Crippen LogP contribution >= 0.6 is 0 Å². The highest BCUT2D eigenvalue weighted by molar-refractivity contribution is 6.49. The number of hydrogen-bond donors (Lipinski definition) is 1. The summed E-state index contributed by atoms with van der Waals surface area (Å²) in [5, 5.41) is 8.57. The van der Waals surface area contributed by atoms with Crippen LogP contribution < -0.4 is 0 Å². The zero-order valence-electron chi connectivity index (χ0n) is 9.41. The second-order valence-corrected chi connectivity index (χ2v) is 4.26. The van der Waals surface area contributed by atoms with Crippen LogP contribution in [0.1, 0.15) is 44.9 Å². The first-order valence-corrected chi connectivity index (χ1v) is 5.87. The molecule has 0 aromatic rings. The fourth-order valence-electron chi connectivity index (χ4n) is 1.99. The molecule has 1 unspecified atom stereocenters. The first kappa shape index (κ1) is 13.0. The number of aliphatic hydroxyl groups excluding tert-OH is 1. The van der Waals surface area contributed by atoms with Crippen molar-refractivity contribution < 1.29 is 19.5 Å². The lowest BCUT2D eigenvalue weighted by Gasteiger charge is -2.05. The van der Waals surface area contributed by atoms with Gasteiger partial charge in [0, 0.05) is 6.61 Å². The van der Waals surface area contributed by atoms with Crippen molar-refractivity contribution in [2.24, 2.45) is 5.92 Å². The van der Waals surface area contributed by atoms with Crippen LogP contribution in [0.4, 0.5) is 0 Å². The molecule has 1 saturated carbocycles. The molecular formula is C12H18O4. The van der Waals surface area contributed by atoms with Gasteiger partial charge in [-0.15, -0.1) is 0 Å².